The summed E-state index contributed by atoms with van der Waals surface area (Å²) in [5.74, 6) is -1.18. The monoisotopic (exact) mass is 497 g/mol. The van der Waals surface area contributed by atoms with Crippen molar-refractivity contribution in [1.82, 2.24) is 0 Å². The SMILES string of the molecule is Cc1ccc(S(=O)(=O)Nc2ccc(F)cc2)cc1C(=O)Nc1ccc(NC(=O)[C@H]2CCCO2)cc1. The summed E-state index contributed by atoms with van der Waals surface area (Å²) in [5.41, 5.74) is 2.01. The molecule has 8 nitrogen and oxygen atoms in total. The van der Waals surface area contributed by atoms with Crippen LogP contribution >= 0.6 is 0 Å². The molecule has 3 aromatic rings. The van der Waals surface area contributed by atoms with Crippen molar-refractivity contribution in [2.24, 2.45) is 0 Å². The van der Waals surface area contributed by atoms with Crippen LogP contribution in [-0.4, -0.2) is 32.9 Å². The van der Waals surface area contributed by atoms with Gasteiger partial charge in [0.05, 0.1) is 4.90 Å². The molecule has 0 aromatic heterocycles. The summed E-state index contributed by atoms with van der Waals surface area (Å²) in [6.07, 6.45) is 1.10. The summed E-state index contributed by atoms with van der Waals surface area (Å²) < 4.78 is 46.4. The number of carbonyl (C=O) groups excluding carboxylic acids is 2. The van der Waals surface area contributed by atoms with Gasteiger partial charge in [-0.2, -0.15) is 0 Å². The lowest BCUT2D eigenvalue weighted by atomic mass is 10.1. The first-order valence-electron chi connectivity index (χ1n) is 10.9. The van der Waals surface area contributed by atoms with E-state index in [4.69, 9.17) is 4.74 Å². The highest BCUT2D eigenvalue weighted by Crippen LogP contribution is 2.22. The van der Waals surface area contributed by atoms with E-state index in [9.17, 15) is 22.4 Å². The third kappa shape index (κ3) is 6.03. The van der Waals surface area contributed by atoms with Crippen molar-refractivity contribution in [3.8, 4) is 0 Å². The molecule has 0 spiro atoms. The Bertz CT molecular complexity index is 1340. The fraction of sp³-hybridized carbons (Fsp3) is 0.200. The van der Waals surface area contributed by atoms with E-state index in [0.29, 0.717) is 30.0 Å². The zero-order chi connectivity index (χ0) is 25.0. The molecule has 1 aliphatic heterocycles. The van der Waals surface area contributed by atoms with Crippen LogP contribution in [0, 0.1) is 12.7 Å². The maximum absolute atomic E-state index is 13.1. The summed E-state index contributed by atoms with van der Waals surface area (Å²) in [4.78, 5) is 25.0. The Balaban J connectivity index is 1.45. The third-order valence-electron chi connectivity index (χ3n) is 5.49. The first kappa shape index (κ1) is 24.4. The molecular formula is C25H24FN3O5S. The van der Waals surface area contributed by atoms with Crippen molar-refractivity contribution >= 4 is 38.9 Å². The van der Waals surface area contributed by atoms with Crippen molar-refractivity contribution in [1.29, 1.82) is 0 Å². The zero-order valence-corrected chi connectivity index (χ0v) is 19.7. The van der Waals surface area contributed by atoms with Crippen LogP contribution in [0.15, 0.2) is 71.6 Å². The topological polar surface area (TPSA) is 114 Å². The molecule has 182 valence electrons. The molecule has 4 rings (SSSR count). The lowest BCUT2D eigenvalue weighted by molar-refractivity contribution is -0.124. The second-order valence-corrected chi connectivity index (χ2v) is 9.79. The lowest BCUT2D eigenvalue weighted by Crippen LogP contribution is -2.26. The largest absolute Gasteiger partial charge is 0.368 e. The van der Waals surface area contributed by atoms with Gasteiger partial charge in [0, 0.05) is 29.2 Å². The number of hydrogen-bond donors (Lipinski definition) is 3. The average Bonchev–Trinajstić information content (AvgIpc) is 3.37. The van der Waals surface area contributed by atoms with Crippen molar-refractivity contribution in [3.05, 3.63) is 83.7 Å². The maximum atomic E-state index is 13.1. The van der Waals surface area contributed by atoms with Gasteiger partial charge in [0.15, 0.2) is 0 Å². The minimum atomic E-state index is -4.00. The quantitative estimate of drug-likeness (QED) is 0.450. The van der Waals surface area contributed by atoms with E-state index in [2.05, 4.69) is 15.4 Å². The molecule has 1 aliphatic rings. The van der Waals surface area contributed by atoms with Crippen LogP contribution in [0.3, 0.4) is 0 Å². The van der Waals surface area contributed by atoms with Crippen LogP contribution in [0.2, 0.25) is 0 Å². The molecule has 1 fully saturated rings. The predicted molar refractivity (Wildman–Crippen MR) is 130 cm³/mol. The molecule has 0 bridgehead atoms. The number of amides is 2. The zero-order valence-electron chi connectivity index (χ0n) is 18.9. The molecule has 0 saturated carbocycles. The molecular weight excluding hydrogens is 473 g/mol. The highest BCUT2D eigenvalue weighted by atomic mass is 32.2. The normalized spacial score (nSPS) is 15.4. The van der Waals surface area contributed by atoms with E-state index in [-0.39, 0.29) is 22.1 Å². The number of nitrogens with one attached hydrogen (secondary N) is 3. The second-order valence-electron chi connectivity index (χ2n) is 8.11. The minimum Gasteiger partial charge on any atom is -0.368 e. The summed E-state index contributed by atoms with van der Waals surface area (Å²) in [7, 11) is -4.00. The maximum Gasteiger partial charge on any atom is 0.261 e. The fourth-order valence-electron chi connectivity index (χ4n) is 3.59. The van der Waals surface area contributed by atoms with Crippen molar-refractivity contribution in [2.45, 2.75) is 30.8 Å². The van der Waals surface area contributed by atoms with Gasteiger partial charge in [0.1, 0.15) is 11.9 Å². The van der Waals surface area contributed by atoms with E-state index in [1.807, 2.05) is 0 Å². The second kappa shape index (κ2) is 10.2. The Morgan fingerprint density at radius 1 is 0.914 bits per heavy atom. The lowest BCUT2D eigenvalue weighted by Gasteiger charge is -2.13. The van der Waals surface area contributed by atoms with Gasteiger partial charge in [-0.05, 0) is 86.0 Å². The van der Waals surface area contributed by atoms with Crippen LogP contribution in [-0.2, 0) is 19.6 Å². The Morgan fingerprint density at radius 2 is 1.54 bits per heavy atom. The highest BCUT2D eigenvalue weighted by Gasteiger charge is 2.23. The van der Waals surface area contributed by atoms with Crippen molar-refractivity contribution in [2.75, 3.05) is 22.0 Å². The molecule has 3 aromatic carbocycles. The first-order chi connectivity index (χ1) is 16.7. The number of ether oxygens (including phenoxy) is 1. The number of benzene rings is 3. The molecule has 1 saturated heterocycles. The molecule has 10 heteroatoms. The Hall–Kier alpha value is -3.76. The van der Waals surface area contributed by atoms with E-state index < -0.39 is 27.9 Å². The fourth-order valence-corrected chi connectivity index (χ4v) is 4.67. The molecule has 2 amide bonds. The summed E-state index contributed by atoms with van der Waals surface area (Å²) in [5, 5.41) is 5.52. The van der Waals surface area contributed by atoms with Gasteiger partial charge in [-0.15, -0.1) is 0 Å². The van der Waals surface area contributed by atoms with E-state index in [1.54, 1.807) is 31.2 Å². The number of carbonyl (C=O) groups is 2. The van der Waals surface area contributed by atoms with Crippen LogP contribution in [0.4, 0.5) is 21.5 Å². The van der Waals surface area contributed by atoms with Gasteiger partial charge in [-0.25, -0.2) is 12.8 Å². The molecule has 0 aliphatic carbocycles. The standard InChI is InChI=1S/C25H24FN3O5S/c1-16-4-13-21(35(32,33)29-20-7-5-17(26)6-8-20)15-22(16)24(30)27-18-9-11-19(12-10-18)28-25(31)23-3-2-14-34-23/h4-13,15,23,29H,2-3,14H2,1H3,(H,27,30)(H,28,31)/t23-/m1/s1. The molecule has 1 heterocycles. The van der Waals surface area contributed by atoms with E-state index in [1.165, 1.54) is 30.3 Å². The van der Waals surface area contributed by atoms with Gasteiger partial charge in [-0.3, -0.25) is 14.3 Å². The number of anilines is 3. The Kier molecular flexibility index (Phi) is 7.13. The van der Waals surface area contributed by atoms with Crippen LogP contribution in [0.5, 0.6) is 0 Å². The molecule has 0 unspecified atom stereocenters. The molecule has 3 N–H and O–H groups in total. The first-order valence-corrected chi connectivity index (χ1v) is 12.4. The van der Waals surface area contributed by atoms with Gasteiger partial charge in [-0.1, -0.05) is 6.07 Å². The van der Waals surface area contributed by atoms with E-state index in [0.717, 1.165) is 18.6 Å². The van der Waals surface area contributed by atoms with Gasteiger partial charge in [0.2, 0.25) is 0 Å². The summed E-state index contributed by atoms with van der Waals surface area (Å²) in [6.45, 7) is 2.27. The molecule has 1 atom stereocenters. The van der Waals surface area contributed by atoms with Gasteiger partial charge < -0.3 is 15.4 Å². The number of halogens is 1. The van der Waals surface area contributed by atoms with Crippen LogP contribution in [0.25, 0.3) is 0 Å². The summed E-state index contributed by atoms with van der Waals surface area (Å²) >= 11 is 0. The number of rotatable bonds is 7. The van der Waals surface area contributed by atoms with Crippen LogP contribution < -0.4 is 15.4 Å². The number of sulfonamides is 1. The smallest absolute Gasteiger partial charge is 0.261 e. The molecule has 0 radical (unpaired) electrons. The van der Waals surface area contributed by atoms with Crippen LogP contribution in [0.1, 0.15) is 28.8 Å². The van der Waals surface area contributed by atoms with Gasteiger partial charge in [0.25, 0.3) is 21.8 Å². The van der Waals surface area contributed by atoms with Crippen molar-refractivity contribution < 1.29 is 27.1 Å². The summed E-state index contributed by atoms with van der Waals surface area (Å²) in [6, 6.07) is 15.7. The molecule has 35 heavy (non-hydrogen) atoms. The van der Waals surface area contributed by atoms with E-state index >= 15 is 0 Å². The third-order valence-corrected chi connectivity index (χ3v) is 6.87. The Labute approximate surface area is 202 Å². The minimum absolute atomic E-state index is 0.107. The van der Waals surface area contributed by atoms with Crippen molar-refractivity contribution in [3.63, 3.8) is 0 Å². The predicted octanol–water partition coefficient (Wildman–Crippen LogP) is 4.30. The average molecular weight is 498 g/mol. The van der Waals surface area contributed by atoms with Gasteiger partial charge >= 0.3 is 0 Å². The Morgan fingerprint density at radius 3 is 2.17 bits per heavy atom. The highest BCUT2D eigenvalue weighted by molar-refractivity contribution is 7.92. The number of hydrogen-bond acceptors (Lipinski definition) is 5. The number of aryl methyl sites for hydroxylation is 1.